The molecule has 0 bridgehead atoms. The highest BCUT2D eigenvalue weighted by Gasteiger charge is 2.19. The smallest absolute Gasteiger partial charge is 0.257 e. The van der Waals surface area contributed by atoms with Gasteiger partial charge in [-0.1, -0.05) is 6.92 Å². The minimum atomic E-state index is -3.56. The van der Waals surface area contributed by atoms with Crippen LogP contribution in [-0.4, -0.2) is 41.5 Å². The number of aromatic nitrogens is 4. The van der Waals surface area contributed by atoms with Gasteiger partial charge in [0.05, 0.1) is 6.20 Å². The van der Waals surface area contributed by atoms with Crippen molar-refractivity contribution in [3.8, 4) is 0 Å². The number of hydrogen-bond acceptors (Lipinski definition) is 5. The van der Waals surface area contributed by atoms with E-state index in [2.05, 4.69) is 25.3 Å². The summed E-state index contributed by atoms with van der Waals surface area (Å²) in [6.45, 7) is 4.21. The molecule has 0 aromatic carbocycles. The molecule has 0 aliphatic carbocycles. The van der Waals surface area contributed by atoms with Crippen molar-refractivity contribution in [1.29, 1.82) is 0 Å². The Morgan fingerprint density at radius 3 is 3.00 bits per heavy atom. The van der Waals surface area contributed by atoms with Crippen LogP contribution in [0.15, 0.2) is 29.7 Å². The first-order chi connectivity index (χ1) is 10.1. The van der Waals surface area contributed by atoms with Gasteiger partial charge in [0.1, 0.15) is 0 Å². The summed E-state index contributed by atoms with van der Waals surface area (Å²) < 4.78 is 28.7. The highest BCUT2D eigenvalue weighted by atomic mass is 32.2. The van der Waals surface area contributed by atoms with Crippen LogP contribution in [0.4, 0.5) is 0 Å². The molecule has 0 radical (unpaired) electrons. The summed E-state index contributed by atoms with van der Waals surface area (Å²) in [5.74, 6) is 0. The monoisotopic (exact) mass is 312 g/mol. The number of nitrogens with one attached hydrogen (secondary N) is 3. The number of hydrogen-bond donors (Lipinski definition) is 3. The third-order valence-corrected chi connectivity index (χ3v) is 4.40. The molecule has 0 spiro atoms. The van der Waals surface area contributed by atoms with Gasteiger partial charge in [-0.05, 0) is 19.0 Å². The highest BCUT2D eigenvalue weighted by Crippen LogP contribution is 2.11. The maximum absolute atomic E-state index is 12.2. The summed E-state index contributed by atoms with van der Waals surface area (Å²) in [5, 5.41) is 13.6. The lowest BCUT2D eigenvalue weighted by Gasteiger charge is -2.07. The summed E-state index contributed by atoms with van der Waals surface area (Å²) in [4.78, 5) is 0. The molecular formula is C12H20N6O2S. The molecule has 8 nitrogen and oxygen atoms in total. The van der Waals surface area contributed by atoms with E-state index in [0.717, 1.165) is 6.54 Å². The zero-order valence-corrected chi connectivity index (χ0v) is 12.7. The number of H-pyrrole nitrogens is 1. The van der Waals surface area contributed by atoms with Gasteiger partial charge in [-0.2, -0.15) is 10.2 Å². The van der Waals surface area contributed by atoms with E-state index in [1.54, 1.807) is 10.9 Å². The molecule has 0 fully saturated rings. The van der Waals surface area contributed by atoms with Crippen LogP contribution in [0.1, 0.15) is 18.9 Å². The van der Waals surface area contributed by atoms with Crippen LogP contribution < -0.4 is 10.0 Å². The summed E-state index contributed by atoms with van der Waals surface area (Å²) >= 11 is 0. The van der Waals surface area contributed by atoms with Gasteiger partial charge < -0.3 is 5.32 Å². The Balaban J connectivity index is 1.87. The molecule has 2 heterocycles. The van der Waals surface area contributed by atoms with E-state index in [4.69, 9.17) is 0 Å². The number of aryl methyl sites for hydroxylation is 1. The first-order valence-electron chi connectivity index (χ1n) is 6.83. The van der Waals surface area contributed by atoms with Crippen LogP contribution in [0.2, 0.25) is 0 Å². The molecule has 0 aliphatic rings. The molecule has 9 heteroatoms. The van der Waals surface area contributed by atoms with E-state index in [1.165, 1.54) is 6.20 Å². The predicted octanol–water partition coefficient (Wildman–Crippen LogP) is 0.0843. The summed E-state index contributed by atoms with van der Waals surface area (Å²) in [7, 11) is -3.56. The first-order valence-corrected chi connectivity index (χ1v) is 8.32. The van der Waals surface area contributed by atoms with Crippen LogP contribution in [0, 0.1) is 0 Å². The molecule has 0 unspecified atom stereocenters. The van der Waals surface area contributed by atoms with Crippen molar-refractivity contribution < 1.29 is 8.42 Å². The lowest BCUT2D eigenvalue weighted by molar-refractivity contribution is 0.549. The van der Waals surface area contributed by atoms with Gasteiger partial charge in [0.15, 0.2) is 5.03 Å². The normalized spacial score (nSPS) is 11.9. The minimum absolute atomic E-state index is 0.127. The number of aromatic amines is 1. The van der Waals surface area contributed by atoms with Gasteiger partial charge in [-0.3, -0.25) is 9.78 Å². The van der Waals surface area contributed by atoms with E-state index in [1.807, 2.05) is 19.2 Å². The standard InChI is InChI=1S/C12H20N6O2S/c1-2-13-9-11-10-14-17-12(11)21(19,20)16-6-4-8-18-7-3-5-15-18/h3,5,7,10,13,16H,2,4,6,8-9H2,1H3,(H,14,17). The Kier molecular flexibility index (Phi) is 5.48. The lowest BCUT2D eigenvalue weighted by atomic mass is 10.3. The van der Waals surface area contributed by atoms with Crippen molar-refractivity contribution in [2.24, 2.45) is 0 Å². The molecule has 21 heavy (non-hydrogen) atoms. The van der Waals surface area contributed by atoms with Crippen molar-refractivity contribution in [3.63, 3.8) is 0 Å². The second-order valence-electron chi connectivity index (χ2n) is 4.53. The highest BCUT2D eigenvalue weighted by molar-refractivity contribution is 7.89. The van der Waals surface area contributed by atoms with E-state index in [9.17, 15) is 8.42 Å². The Hall–Kier alpha value is -1.71. The summed E-state index contributed by atoms with van der Waals surface area (Å²) in [5.41, 5.74) is 0.636. The average Bonchev–Trinajstić information content (AvgIpc) is 3.12. The summed E-state index contributed by atoms with van der Waals surface area (Å²) in [6.07, 6.45) is 5.73. The second-order valence-corrected chi connectivity index (χ2v) is 6.23. The molecule has 0 saturated heterocycles. The van der Waals surface area contributed by atoms with Crippen molar-refractivity contribution in [3.05, 3.63) is 30.2 Å². The van der Waals surface area contributed by atoms with Gasteiger partial charge in [0.25, 0.3) is 10.0 Å². The maximum atomic E-state index is 12.2. The van der Waals surface area contributed by atoms with Crippen LogP contribution in [0.5, 0.6) is 0 Å². The molecule has 0 saturated carbocycles. The first kappa shape index (κ1) is 15.7. The molecule has 0 amide bonds. The van der Waals surface area contributed by atoms with Gasteiger partial charge in [0, 0.05) is 37.6 Å². The third kappa shape index (κ3) is 4.38. The van der Waals surface area contributed by atoms with E-state index in [-0.39, 0.29) is 5.03 Å². The van der Waals surface area contributed by atoms with Crippen LogP contribution >= 0.6 is 0 Å². The van der Waals surface area contributed by atoms with Crippen molar-refractivity contribution in [2.45, 2.75) is 31.5 Å². The molecule has 0 aliphatic heterocycles. The van der Waals surface area contributed by atoms with Gasteiger partial charge in [-0.25, -0.2) is 13.1 Å². The van der Waals surface area contributed by atoms with E-state index < -0.39 is 10.0 Å². The second kappa shape index (κ2) is 7.34. The molecular weight excluding hydrogens is 292 g/mol. The Labute approximate surface area is 124 Å². The average molecular weight is 312 g/mol. The molecule has 116 valence electrons. The zero-order valence-electron chi connectivity index (χ0n) is 11.9. The molecule has 3 N–H and O–H groups in total. The quantitative estimate of drug-likeness (QED) is 0.569. The summed E-state index contributed by atoms with van der Waals surface area (Å²) in [6, 6.07) is 1.84. The molecule has 2 aromatic rings. The molecule has 2 rings (SSSR count). The van der Waals surface area contributed by atoms with Gasteiger partial charge >= 0.3 is 0 Å². The van der Waals surface area contributed by atoms with E-state index >= 15 is 0 Å². The predicted molar refractivity (Wildman–Crippen MR) is 78.0 cm³/mol. The Bertz CT molecular complexity index is 635. The maximum Gasteiger partial charge on any atom is 0.257 e. The van der Waals surface area contributed by atoms with Crippen LogP contribution in [-0.2, 0) is 23.1 Å². The number of nitrogens with zero attached hydrogens (tertiary/aromatic N) is 3. The fourth-order valence-electron chi connectivity index (χ4n) is 1.87. The fraction of sp³-hybridized carbons (Fsp3) is 0.500. The fourth-order valence-corrected chi connectivity index (χ4v) is 3.07. The zero-order chi connectivity index (χ0) is 15.1. The largest absolute Gasteiger partial charge is 0.313 e. The van der Waals surface area contributed by atoms with E-state index in [0.29, 0.717) is 31.6 Å². The third-order valence-electron chi connectivity index (χ3n) is 2.93. The topological polar surface area (TPSA) is 105 Å². The minimum Gasteiger partial charge on any atom is -0.313 e. The van der Waals surface area contributed by atoms with Gasteiger partial charge in [-0.15, -0.1) is 0 Å². The van der Waals surface area contributed by atoms with Crippen molar-refractivity contribution in [2.75, 3.05) is 13.1 Å². The Morgan fingerprint density at radius 1 is 1.43 bits per heavy atom. The van der Waals surface area contributed by atoms with Crippen LogP contribution in [0.3, 0.4) is 0 Å². The van der Waals surface area contributed by atoms with Crippen molar-refractivity contribution in [1.82, 2.24) is 30.0 Å². The SMILES string of the molecule is CCNCc1cn[nH]c1S(=O)(=O)NCCCn1cccn1. The number of rotatable bonds is 9. The Morgan fingerprint density at radius 2 is 2.29 bits per heavy atom. The molecule has 0 atom stereocenters. The number of sulfonamides is 1. The van der Waals surface area contributed by atoms with Crippen LogP contribution in [0.25, 0.3) is 0 Å². The van der Waals surface area contributed by atoms with Crippen molar-refractivity contribution >= 4 is 10.0 Å². The van der Waals surface area contributed by atoms with Gasteiger partial charge in [0.2, 0.25) is 0 Å². The lowest BCUT2D eigenvalue weighted by Crippen LogP contribution is -2.27. The molecule has 2 aromatic heterocycles.